The van der Waals surface area contributed by atoms with Crippen molar-refractivity contribution in [3.05, 3.63) is 45.4 Å². The fourth-order valence-corrected chi connectivity index (χ4v) is 3.78. The van der Waals surface area contributed by atoms with Crippen molar-refractivity contribution in [2.75, 3.05) is 0 Å². The summed E-state index contributed by atoms with van der Waals surface area (Å²) in [4.78, 5) is 0. The van der Waals surface area contributed by atoms with Gasteiger partial charge in [-0.15, -0.1) is 11.3 Å². The first kappa shape index (κ1) is 10.7. The smallest absolute Gasteiger partial charge is 0.0599 e. The average Bonchev–Trinajstić information content (AvgIpc) is 2.59. The first-order chi connectivity index (χ1) is 7.66. The van der Waals surface area contributed by atoms with E-state index in [1.165, 1.54) is 0 Å². The number of fused-ring (bicyclic) bond motifs is 3. The third-order valence-corrected chi connectivity index (χ3v) is 4.81. The summed E-state index contributed by atoms with van der Waals surface area (Å²) in [6.45, 7) is 0. The van der Waals surface area contributed by atoms with Crippen LogP contribution in [0.1, 0.15) is 0 Å². The summed E-state index contributed by atoms with van der Waals surface area (Å²) in [6, 6.07) is 9.54. The predicted molar refractivity (Wildman–Crippen MR) is 74.4 cm³/mol. The molecule has 0 N–H and O–H groups in total. The minimum Gasteiger partial charge on any atom is -0.132 e. The number of hydrogen-bond acceptors (Lipinski definition) is 1. The molecule has 0 saturated heterocycles. The van der Waals surface area contributed by atoms with Crippen molar-refractivity contribution < 1.29 is 0 Å². The van der Waals surface area contributed by atoms with Crippen molar-refractivity contribution in [1.82, 2.24) is 0 Å². The number of halogens is 3. The third-order valence-electron chi connectivity index (χ3n) is 2.47. The van der Waals surface area contributed by atoms with Gasteiger partial charge in [0.15, 0.2) is 0 Å². The molecular weight excluding hydrogens is 283 g/mol. The zero-order valence-corrected chi connectivity index (χ0v) is 11.0. The van der Waals surface area contributed by atoms with Crippen LogP contribution in [0.4, 0.5) is 0 Å². The first-order valence-electron chi connectivity index (χ1n) is 4.62. The molecule has 0 fully saturated rings. The van der Waals surface area contributed by atoms with Gasteiger partial charge in [0.1, 0.15) is 0 Å². The Morgan fingerprint density at radius 3 is 2.38 bits per heavy atom. The molecule has 0 amide bonds. The Morgan fingerprint density at radius 1 is 0.812 bits per heavy atom. The molecule has 1 aromatic heterocycles. The van der Waals surface area contributed by atoms with Gasteiger partial charge in [0, 0.05) is 15.8 Å². The van der Waals surface area contributed by atoms with E-state index >= 15 is 0 Å². The molecule has 0 atom stereocenters. The lowest BCUT2D eigenvalue weighted by molar-refractivity contribution is 1.83. The maximum absolute atomic E-state index is 6.17. The van der Waals surface area contributed by atoms with E-state index in [2.05, 4.69) is 0 Å². The van der Waals surface area contributed by atoms with Crippen LogP contribution in [0, 0.1) is 0 Å². The lowest BCUT2D eigenvalue weighted by Crippen LogP contribution is -1.69. The molecule has 3 rings (SSSR count). The summed E-state index contributed by atoms with van der Waals surface area (Å²) in [5, 5.41) is 4.26. The molecule has 0 saturated carbocycles. The van der Waals surface area contributed by atoms with Gasteiger partial charge in [-0.3, -0.25) is 0 Å². The zero-order chi connectivity index (χ0) is 11.3. The first-order valence-corrected chi connectivity index (χ1v) is 6.57. The van der Waals surface area contributed by atoms with Gasteiger partial charge in [0.2, 0.25) is 0 Å². The van der Waals surface area contributed by atoms with Crippen LogP contribution in [0.2, 0.25) is 15.1 Å². The van der Waals surface area contributed by atoms with E-state index in [4.69, 9.17) is 34.8 Å². The molecule has 0 bridgehead atoms. The van der Waals surface area contributed by atoms with Crippen molar-refractivity contribution in [2.24, 2.45) is 0 Å². The van der Waals surface area contributed by atoms with E-state index in [-0.39, 0.29) is 0 Å². The summed E-state index contributed by atoms with van der Waals surface area (Å²) in [5.41, 5.74) is 0. The van der Waals surface area contributed by atoms with Gasteiger partial charge in [-0.2, -0.15) is 0 Å². The average molecular weight is 288 g/mol. The Hall–Kier alpha value is -0.470. The normalized spacial score (nSPS) is 11.4. The third kappa shape index (κ3) is 1.51. The highest BCUT2D eigenvalue weighted by molar-refractivity contribution is 7.27. The Morgan fingerprint density at radius 2 is 1.56 bits per heavy atom. The van der Waals surface area contributed by atoms with Gasteiger partial charge < -0.3 is 0 Å². The van der Waals surface area contributed by atoms with Crippen LogP contribution in [0.25, 0.3) is 20.2 Å². The molecule has 4 heteroatoms. The van der Waals surface area contributed by atoms with Gasteiger partial charge in [0.05, 0.1) is 19.4 Å². The van der Waals surface area contributed by atoms with E-state index in [0.29, 0.717) is 10.0 Å². The van der Waals surface area contributed by atoms with Crippen LogP contribution < -0.4 is 0 Å². The highest BCUT2D eigenvalue weighted by Gasteiger charge is 2.10. The van der Waals surface area contributed by atoms with Crippen LogP contribution in [0.15, 0.2) is 30.3 Å². The molecule has 0 radical (unpaired) electrons. The molecule has 0 aliphatic heterocycles. The van der Waals surface area contributed by atoms with Gasteiger partial charge >= 0.3 is 0 Å². The van der Waals surface area contributed by atoms with Crippen LogP contribution in [0.3, 0.4) is 0 Å². The minimum atomic E-state index is 0.650. The Labute approximate surface area is 111 Å². The van der Waals surface area contributed by atoms with Gasteiger partial charge in [-0.05, 0) is 18.2 Å². The molecule has 0 spiro atoms. The SMILES string of the molecule is Clc1cc(Cl)c2sc3c(Cl)cccc3c2c1. The molecule has 0 aliphatic rings. The summed E-state index contributed by atoms with van der Waals surface area (Å²) < 4.78 is 2.09. The van der Waals surface area contributed by atoms with Crippen molar-refractivity contribution in [2.45, 2.75) is 0 Å². The summed E-state index contributed by atoms with van der Waals surface area (Å²) in [6.07, 6.45) is 0. The van der Waals surface area contributed by atoms with E-state index in [1.54, 1.807) is 17.4 Å². The molecule has 3 aromatic rings. The van der Waals surface area contributed by atoms with Crippen LogP contribution in [-0.2, 0) is 0 Å². The van der Waals surface area contributed by atoms with Gasteiger partial charge in [0.25, 0.3) is 0 Å². The molecule has 2 aromatic carbocycles. The molecule has 80 valence electrons. The zero-order valence-electron chi connectivity index (χ0n) is 7.93. The standard InChI is InChI=1S/C12H5Cl3S/c13-6-4-8-7-2-1-3-9(14)11(7)16-12(8)10(15)5-6/h1-5H. The summed E-state index contributed by atoms with van der Waals surface area (Å²) >= 11 is 19.9. The molecule has 0 nitrogen and oxygen atoms in total. The maximum Gasteiger partial charge on any atom is 0.0599 e. The molecule has 1 heterocycles. The Kier molecular flexibility index (Phi) is 2.52. The van der Waals surface area contributed by atoms with Crippen molar-refractivity contribution in [3.8, 4) is 0 Å². The lowest BCUT2D eigenvalue weighted by atomic mass is 10.1. The quantitative estimate of drug-likeness (QED) is 0.474. The fourth-order valence-electron chi connectivity index (χ4n) is 1.79. The minimum absolute atomic E-state index is 0.650. The van der Waals surface area contributed by atoms with E-state index < -0.39 is 0 Å². The van der Waals surface area contributed by atoms with Crippen LogP contribution in [-0.4, -0.2) is 0 Å². The number of hydrogen-bond donors (Lipinski definition) is 0. The second-order valence-electron chi connectivity index (χ2n) is 3.48. The van der Waals surface area contributed by atoms with E-state index in [0.717, 1.165) is 25.2 Å². The summed E-state index contributed by atoms with van der Waals surface area (Å²) in [5.74, 6) is 0. The highest BCUT2D eigenvalue weighted by atomic mass is 35.5. The fraction of sp³-hybridized carbons (Fsp3) is 0. The largest absolute Gasteiger partial charge is 0.132 e. The molecule has 16 heavy (non-hydrogen) atoms. The Balaban J connectivity index is 2.61. The molecular formula is C12H5Cl3S. The summed E-state index contributed by atoms with van der Waals surface area (Å²) in [7, 11) is 0. The van der Waals surface area contributed by atoms with Crippen molar-refractivity contribution in [1.29, 1.82) is 0 Å². The van der Waals surface area contributed by atoms with Gasteiger partial charge in [-0.25, -0.2) is 0 Å². The van der Waals surface area contributed by atoms with Crippen LogP contribution in [0.5, 0.6) is 0 Å². The number of rotatable bonds is 0. The van der Waals surface area contributed by atoms with Gasteiger partial charge in [-0.1, -0.05) is 46.9 Å². The maximum atomic E-state index is 6.17. The monoisotopic (exact) mass is 286 g/mol. The topological polar surface area (TPSA) is 0 Å². The lowest BCUT2D eigenvalue weighted by Gasteiger charge is -1.95. The molecule has 0 aliphatic carbocycles. The highest BCUT2D eigenvalue weighted by Crippen LogP contribution is 2.42. The second-order valence-corrected chi connectivity index (χ2v) is 5.75. The van der Waals surface area contributed by atoms with Crippen molar-refractivity contribution in [3.63, 3.8) is 0 Å². The predicted octanol–water partition coefficient (Wildman–Crippen LogP) is 6.01. The second kappa shape index (κ2) is 3.78. The number of thiophene rings is 1. The van der Waals surface area contributed by atoms with Crippen LogP contribution >= 0.6 is 46.1 Å². The Bertz CT molecular complexity index is 700. The van der Waals surface area contributed by atoms with E-state index in [9.17, 15) is 0 Å². The molecule has 0 unspecified atom stereocenters. The van der Waals surface area contributed by atoms with E-state index in [1.807, 2.05) is 24.3 Å². The van der Waals surface area contributed by atoms with Crippen molar-refractivity contribution >= 4 is 66.3 Å². The number of benzene rings is 2.